The van der Waals surface area contributed by atoms with E-state index in [2.05, 4.69) is 75.7 Å². The summed E-state index contributed by atoms with van der Waals surface area (Å²) < 4.78 is 15.5. The summed E-state index contributed by atoms with van der Waals surface area (Å²) in [5, 5.41) is 2.95. The number of benzene rings is 5. The van der Waals surface area contributed by atoms with E-state index in [1.807, 2.05) is 60.7 Å². The lowest BCUT2D eigenvalue weighted by atomic mass is 9.80. The Balaban J connectivity index is 1.66. The van der Waals surface area contributed by atoms with Crippen molar-refractivity contribution in [3.05, 3.63) is 112 Å². The van der Waals surface area contributed by atoms with E-state index >= 15 is 0 Å². The number of ketones is 2. The molecule has 0 spiro atoms. The lowest BCUT2D eigenvalue weighted by molar-refractivity contribution is 0.100. The zero-order valence-electron chi connectivity index (χ0n) is 25.7. The summed E-state index contributed by atoms with van der Waals surface area (Å²) in [6.45, 7) is 13.1. The normalized spacial score (nSPS) is 15.9. The fourth-order valence-electron chi connectivity index (χ4n) is 7.10. The minimum Gasteiger partial charge on any atom is -0.511 e. The predicted octanol–water partition coefficient (Wildman–Crippen LogP) is 10.7. The molecular weight excluding hydrogens is 628 g/mol. The van der Waals surface area contributed by atoms with Gasteiger partial charge in [-0.15, -0.1) is 0 Å². The molecule has 0 amide bonds. The Labute approximate surface area is 267 Å². The molecule has 5 aromatic rings. The third-order valence-corrected chi connectivity index (χ3v) is 14.4. The molecule has 220 valence electrons. The van der Waals surface area contributed by atoms with Gasteiger partial charge in [-0.3, -0.25) is 9.59 Å². The van der Waals surface area contributed by atoms with Crippen molar-refractivity contribution in [1.82, 2.24) is 0 Å². The maximum absolute atomic E-state index is 14.5. The van der Waals surface area contributed by atoms with E-state index in [1.165, 1.54) is 6.08 Å². The summed E-state index contributed by atoms with van der Waals surface area (Å²) >= 11 is 3.70. The molecule has 0 saturated heterocycles. The largest absolute Gasteiger partial charge is 0.511 e. The van der Waals surface area contributed by atoms with E-state index in [0.29, 0.717) is 27.8 Å². The smallest absolute Gasteiger partial charge is 0.471 e. The summed E-state index contributed by atoms with van der Waals surface area (Å²) in [7, 11) is -3.13. The van der Waals surface area contributed by atoms with Crippen molar-refractivity contribution in [2.24, 2.45) is 0 Å². The van der Waals surface area contributed by atoms with Crippen LogP contribution in [0.5, 0.6) is 11.5 Å². The molecule has 4 nitrogen and oxygen atoms in total. The molecule has 0 saturated carbocycles. The van der Waals surface area contributed by atoms with Crippen LogP contribution < -0.4 is 8.85 Å². The van der Waals surface area contributed by atoms with Gasteiger partial charge >= 0.3 is 8.56 Å². The van der Waals surface area contributed by atoms with Crippen LogP contribution in [-0.2, 0) is 0 Å². The first-order chi connectivity index (χ1) is 20.8. The van der Waals surface area contributed by atoms with Gasteiger partial charge in [0.1, 0.15) is 11.5 Å². The minimum absolute atomic E-state index is 0.173. The monoisotopic (exact) mass is 660 g/mol. The average molecular weight is 662 g/mol. The summed E-state index contributed by atoms with van der Waals surface area (Å²) in [4.78, 5) is 28.2. The Hall–Kier alpha value is -4.00. The molecular formula is C38H33BrO4Si. The summed E-state index contributed by atoms with van der Waals surface area (Å²) in [6.07, 6.45) is 1.48. The van der Waals surface area contributed by atoms with Crippen LogP contribution in [0.2, 0.25) is 10.1 Å². The first-order valence-corrected chi connectivity index (χ1v) is 17.5. The average Bonchev–Trinajstić information content (AvgIpc) is 3.14. The zero-order valence-corrected chi connectivity index (χ0v) is 28.3. The molecule has 0 radical (unpaired) electrons. The number of Topliss-reactive ketones (excluding diaryl/α,β-unsaturated/α-hetero) is 1. The topological polar surface area (TPSA) is 52.6 Å². The Kier molecular flexibility index (Phi) is 6.37. The molecule has 0 N–H and O–H groups in total. The molecule has 0 atom stereocenters. The number of carbonyl (C=O) groups excluding carboxylic acids is 2. The second-order valence-electron chi connectivity index (χ2n) is 13.8. The second-order valence-corrected chi connectivity index (χ2v) is 19.3. The molecule has 44 heavy (non-hydrogen) atoms. The quantitative estimate of drug-likeness (QED) is 0.168. The molecule has 1 aliphatic carbocycles. The molecule has 7 rings (SSSR count). The van der Waals surface area contributed by atoms with Gasteiger partial charge in [0, 0.05) is 47.8 Å². The standard InChI is InChI=1S/C38H33BrO4Si/c1-37(2,3)44(38(4,5)6)42-30-18-14-23-12-16-25(39)20-27(23)33(30)35-31(43-44)19-15-24-13-17-26-29(40)21-28(22-10-8-7-9-11-22)36(41)34(26)32(24)35/h7-21H,1-6H3. The molecule has 0 bridgehead atoms. The second kappa shape index (κ2) is 9.75. The third-order valence-electron chi connectivity index (χ3n) is 8.92. The maximum atomic E-state index is 14.5. The van der Waals surface area contributed by atoms with Crippen LogP contribution in [0.4, 0.5) is 0 Å². The van der Waals surface area contributed by atoms with Crippen LogP contribution in [0.25, 0.3) is 38.2 Å². The number of hydrogen-bond acceptors (Lipinski definition) is 4. The van der Waals surface area contributed by atoms with Crippen molar-refractivity contribution in [3.8, 4) is 22.6 Å². The van der Waals surface area contributed by atoms with Crippen molar-refractivity contribution >= 4 is 63.2 Å². The van der Waals surface area contributed by atoms with Crippen LogP contribution in [0.15, 0.2) is 95.5 Å². The van der Waals surface area contributed by atoms with Crippen LogP contribution in [0.1, 0.15) is 67.8 Å². The van der Waals surface area contributed by atoms with Crippen molar-refractivity contribution < 1.29 is 18.4 Å². The van der Waals surface area contributed by atoms with Gasteiger partial charge in [-0.1, -0.05) is 112 Å². The van der Waals surface area contributed by atoms with Crippen molar-refractivity contribution in [3.63, 3.8) is 0 Å². The Morgan fingerprint density at radius 1 is 0.659 bits per heavy atom. The highest BCUT2D eigenvalue weighted by Gasteiger charge is 2.63. The van der Waals surface area contributed by atoms with Gasteiger partial charge in [0.05, 0.1) is 0 Å². The summed E-state index contributed by atoms with van der Waals surface area (Å²) in [6, 6.07) is 27.5. The van der Waals surface area contributed by atoms with Gasteiger partial charge in [-0.25, -0.2) is 0 Å². The van der Waals surface area contributed by atoms with Gasteiger partial charge < -0.3 is 8.85 Å². The lowest BCUT2D eigenvalue weighted by Gasteiger charge is -2.47. The van der Waals surface area contributed by atoms with E-state index < -0.39 is 8.56 Å². The molecule has 1 aliphatic heterocycles. The highest BCUT2D eigenvalue weighted by molar-refractivity contribution is 9.10. The SMILES string of the molecule is CC(C)(C)[Si]1(C(C)(C)C)Oc2ccc3ccc(Br)cc3c2-c2c(ccc3ccc4c(c23)C(=O)C(c2ccccc2)=CC4=O)O1. The van der Waals surface area contributed by atoms with Gasteiger partial charge in [0.15, 0.2) is 11.6 Å². The Morgan fingerprint density at radius 2 is 1.25 bits per heavy atom. The number of hydrogen-bond donors (Lipinski definition) is 0. The maximum Gasteiger partial charge on any atom is 0.471 e. The van der Waals surface area contributed by atoms with Crippen molar-refractivity contribution in [2.45, 2.75) is 51.6 Å². The van der Waals surface area contributed by atoms with E-state index in [-0.39, 0.29) is 21.6 Å². The Morgan fingerprint density at radius 3 is 1.91 bits per heavy atom. The van der Waals surface area contributed by atoms with Crippen LogP contribution in [-0.4, -0.2) is 20.1 Å². The van der Waals surface area contributed by atoms with Gasteiger partial charge in [-0.2, -0.15) is 0 Å². The van der Waals surface area contributed by atoms with E-state index in [0.717, 1.165) is 43.1 Å². The molecule has 0 unspecified atom stereocenters. The molecule has 5 aromatic carbocycles. The van der Waals surface area contributed by atoms with Crippen LogP contribution in [0, 0.1) is 0 Å². The van der Waals surface area contributed by atoms with E-state index in [1.54, 1.807) is 6.07 Å². The predicted molar refractivity (Wildman–Crippen MR) is 184 cm³/mol. The lowest BCUT2D eigenvalue weighted by Crippen LogP contribution is -2.62. The summed E-state index contributed by atoms with van der Waals surface area (Å²) in [5.41, 5.74) is 3.59. The third kappa shape index (κ3) is 4.15. The molecule has 2 aliphatic rings. The number of halogens is 1. The van der Waals surface area contributed by atoms with Crippen molar-refractivity contribution in [2.75, 3.05) is 0 Å². The number of fused-ring (bicyclic) bond motifs is 9. The van der Waals surface area contributed by atoms with E-state index in [9.17, 15) is 9.59 Å². The fraction of sp³-hybridized carbons (Fsp3) is 0.211. The van der Waals surface area contributed by atoms with Crippen LogP contribution in [0.3, 0.4) is 0 Å². The molecule has 0 fully saturated rings. The van der Waals surface area contributed by atoms with Gasteiger partial charge in [0.2, 0.25) is 0 Å². The highest BCUT2D eigenvalue weighted by Crippen LogP contribution is 2.58. The summed E-state index contributed by atoms with van der Waals surface area (Å²) in [5.74, 6) is 1.04. The van der Waals surface area contributed by atoms with Gasteiger partial charge in [-0.05, 0) is 58.1 Å². The number of allylic oxidation sites excluding steroid dienone is 2. The first kappa shape index (κ1) is 28.7. The van der Waals surface area contributed by atoms with Gasteiger partial charge in [0.25, 0.3) is 0 Å². The highest BCUT2D eigenvalue weighted by atomic mass is 79.9. The zero-order chi connectivity index (χ0) is 31.2. The fourth-order valence-corrected chi connectivity index (χ4v) is 11.9. The molecule has 6 heteroatoms. The van der Waals surface area contributed by atoms with E-state index in [4.69, 9.17) is 8.85 Å². The molecule has 1 heterocycles. The molecule has 0 aromatic heterocycles. The first-order valence-electron chi connectivity index (χ1n) is 14.9. The Bertz CT molecular complexity index is 2070. The number of carbonyl (C=O) groups is 2. The van der Waals surface area contributed by atoms with Crippen molar-refractivity contribution in [1.29, 1.82) is 0 Å². The number of rotatable bonds is 1. The van der Waals surface area contributed by atoms with Crippen LogP contribution >= 0.6 is 15.9 Å². The minimum atomic E-state index is -3.13.